The van der Waals surface area contributed by atoms with Gasteiger partial charge in [-0.25, -0.2) is 0 Å². The molecule has 0 aliphatic rings. The molecule has 2 aromatic carbocycles. The molecule has 0 bridgehead atoms. The number of rotatable bonds is 5. The zero-order valence-electron chi connectivity index (χ0n) is 17.6. The number of amides is 1. The van der Waals surface area contributed by atoms with Gasteiger partial charge in [-0.05, 0) is 62.4 Å². The van der Waals surface area contributed by atoms with Crippen LogP contribution in [0.1, 0.15) is 34.7 Å². The Bertz CT molecular complexity index is 1390. The highest BCUT2D eigenvalue weighted by atomic mass is 16.4. The van der Waals surface area contributed by atoms with E-state index in [0.717, 1.165) is 22.3 Å². The minimum absolute atomic E-state index is 0.206. The zero-order valence-corrected chi connectivity index (χ0v) is 17.6. The first-order valence-electron chi connectivity index (χ1n) is 10.2. The standard InChI is InChI=1S/C24H20N6O2/c1-15-6-8-18(9-7-15)23-28-29-24(32-23)19-12-10-17(11-13-19)22(31)25-16(2)21-27-26-20-5-3-4-14-30(20)21/h3-14,16H,1-2H3,(H,25,31). The smallest absolute Gasteiger partial charge is 0.251 e. The minimum atomic E-state index is -0.312. The first-order valence-corrected chi connectivity index (χ1v) is 10.2. The Labute approximate surface area is 184 Å². The number of fused-ring (bicyclic) bond motifs is 1. The maximum absolute atomic E-state index is 12.7. The van der Waals surface area contributed by atoms with Crippen molar-refractivity contribution >= 4 is 11.6 Å². The Balaban J connectivity index is 1.30. The van der Waals surface area contributed by atoms with E-state index in [4.69, 9.17) is 4.42 Å². The molecule has 0 saturated carbocycles. The molecule has 32 heavy (non-hydrogen) atoms. The number of hydrogen-bond donors (Lipinski definition) is 1. The molecule has 5 rings (SSSR count). The van der Waals surface area contributed by atoms with Crippen molar-refractivity contribution in [3.05, 3.63) is 89.9 Å². The summed E-state index contributed by atoms with van der Waals surface area (Å²) >= 11 is 0. The fraction of sp³-hybridized carbons (Fsp3) is 0.125. The fourth-order valence-corrected chi connectivity index (χ4v) is 3.42. The average Bonchev–Trinajstić information content (AvgIpc) is 3.47. The Morgan fingerprint density at radius 2 is 1.53 bits per heavy atom. The molecule has 3 heterocycles. The van der Waals surface area contributed by atoms with Crippen molar-refractivity contribution < 1.29 is 9.21 Å². The number of aryl methyl sites for hydroxylation is 1. The van der Waals surface area contributed by atoms with Crippen LogP contribution in [-0.4, -0.2) is 30.7 Å². The van der Waals surface area contributed by atoms with Gasteiger partial charge in [0.2, 0.25) is 11.8 Å². The van der Waals surface area contributed by atoms with Gasteiger partial charge in [-0.3, -0.25) is 9.20 Å². The highest BCUT2D eigenvalue weighted by Gasteiger charge is 2.17. The van der Waals surface area contributed by atoms with E-state index in [-0.39, 0.29) is 11.9 Å². The molecule has 5 aromatic rings. The van der Waals surface area contributed by atoms with Crippen LogP contribution in [0.3, 0.4) is 0 Å². The van der Waals surface area contributed by atoms with Crippen LogP contribution in [0.25, 0.3) is 28.6 Å². The van der Waals surface area contributed by atoms with Crippen molar-refractivity contribution in [3.63, 3.8) is 0 Å². The number of pyridine rings is 1. The lowest BCUT2D eigenvalue weighted by molar-refractivity contribution is 0.0938. The first-order chi connectivity index (χ1) is 15.6. The van der Waals surface area contributed by atoms with Crippen LogP contribution < -0.4 is 5.32 Å². The van der Waals surface area contributed by atoms with Gasteiger partial charge >= 0.3 is 0 Å². The van der Waals surface area contributed by atoms with Crippen molar-refractivity contribution in [3.8, 4) is 22.9 Å². The lowest BCUT2D eigenvalue weighted by Gasteiger charge is -2.12. The Kier molecular flexibility index (Phi) is 4.95. The number of aromatic nitrogens is 5. The van der Waals surface area contributed by atoms with E-state index in [0.29, 0.717) is 23.2 Å². The van der Waals surface area contributed by atoms with E-state index in [2.05, 4.69) is 25.7 Å². The second kappa shape index (κ2) is 8.07. The molecule has 8 heteroatoms. The van der Waals surface area contributed by atoms with Gasteiger partial charge in [0, 0.05) is 22.9 Å². The Morgan fingerprint density at radius 1 is 0.875 bits per heavy atom. The summed E-state index contributed by atoms with van der Waals surface area (Å²) in [5.41, 5.74) is 4.02. The minimum Gasteiger partial charge on any atom is -0.416 e. The third-order valence-electron chi connectivity index (χ3n) is 5.19. The quantitative estimate of drug-likeness (QED) is 0.453. The number of benzene rings is 2. The van der Waals surface area contributed by atoms with Crippen molar-refractivity contribution in [2.24, 2.45) is 0 Å². The molecule has 1 N–H and O–H groups in total. The van der Waals surface area contributed by atoms with Gasteiger partial charge in [0.15, 0.2) is 11.5 Å². The summed E-state index contributed by atoms with van der Waals surface area (Å²) < 4.78 is 7.67. The number of nitrogens with one attached hydrogen (secondary N) is 1. The van der Waals surface area contributed by atoms with Crippen LogP contribution in [0, 0.1) is 6.92 Å². The Hall–Kier alpha value is -4.33. The van der Waals surface area contributed by atoms with E-state index in [1.807, 2.05) is 66.9 Å². The summed E-state index contributed by atoms with van der Waals surface area (Å²) in [4.78, 5) is 12.7. The predicted octanol–water partition coefficient (Wildman–Crippen LogP) is 4.25. The van der Waals surface area contributed by atoms with Crippen LogP contribution in [-0.2, 0) is 0 Å². The van der Waals surface area contributed by atoms with Gasteiger partial charge in [0.25, 0.3) is 5.91 Å². The molecule has 0 fully saturated rings. The molecular formula is C24H20N6O2. The van der Waals surface area contributed by atoms with Crippen molar-refractivity contribution in [1.82, 2.24) is 30.1 Å². The molecule has 0 aliphatic heterocycles. The van der Waals surface area contributed by atoms with E-state index < -0.39 is 0 Å². The number of hydrogen-bond acceptors (Lipinski definition) is 6. The Morgan fingerprint density at radius 3 is 2.22 bits per heavy atom. The van der Waals surface area contributed by atoms with Gasteiger partial charge in [-0.15, -0.1) is 20.4 Å². The summed E-state index contributed by atoms with van der Waals surface area (Å²) in [5, 5.41) is 19.6. The van der Waals surface area contributed by atoms with Crippen LogP contribution in [0.5, 0.6) is 0 Å². The molecule has 0 aliphatic carbocycles. The van der Waals surface area contributed by atoms with Crippen LogP contribution in [0.15, 0.2) is 77.3 Å². The van der Waals surface area contributed by atoms with Gasteiger partial charge in [0.05, 0.1) is 6.04 Å². The second-order valence-corrected chi connectivity index (χ2v) is 7.54. The van der Waals surface area contributed by atoms with E-state index >= 15 is 0 Å². The fourth-order valence-electron chi connectivity index (χ4n) is 3.42. The third-order valence-corrected chi connectivity index (χ3v) is 5.19. The monoisotopic (exact) mass is 424 g/mol. The molecular weight excluding hydrogens is 404 g/mol. The second-order valence-electron chi connectivity index (χ2n) is 7.54. The molecule has 1 unspecified atom stereocenters. The number of nitrogens with zero attached hydrogens (tertiary/aromatic N) is 5. The molecule has 1 atom stereocenters. The summed E-state index contributed by atoms with van der Waals surface area (Å²) in [6.07, 6.45) is 1.87. The van der Waals surface area contributed by atoms with Crippen molar-refractivity contribution in [2.75, 3.05) is 0 Å². The third kappa shape index (κ3) is 3.74. The van der Waals surface area contributed by atoms with Crippen LogP contribution >= 0.6 is 0 Å². The van der Waals surface area contributed by atoms with Crippen LogP contribution in [0.4, 0.5) is 0 Å². The highest BCUT2D eigenvalue weighted by Crippen LogP contribution is 2.24. The van der Waals surface area contributed by atoms with E-state index in [9.17, 15) is 4.79 Å². The SMILES string of the molecule is Cc1ccc(-c2nnc(-c3ccc(C(=O)NC(C)c4nnc5ccccn45)cc3)o2)cc1. The number of carbonyl (C=O) groups excluding carboxylic acids is 1. The van der Waals surface area contributed by atoms with Crippen LogP contribution in [0.2, 0.25) is 0 Å². The largest absolute Gasteiger partial charge is 0.416 e. The molecule has 1 amide bonds. The topological polar surface area (TPSA) is 98.2 Å². The maximum Gasteiger partial charge on any atom is 0.251 e. The molecule has 0 saturated heterocycles. The van der Waals surface area contributed by atoms with Gasteiger partial charge in [-0.1, -0.05) is 23.8 Å². The van der Waals surface area contributed by atoms with Gasteiger partial charge < -0.3 is 9.73 Å². The van der Waals surface area contributed by atoms with Crippen molar-refractivity contribution in [2.45, 2.75) is 19.9 Å². The predicted molar refractivity (Wildman–Crippen MR) is 119 cm³/mol. The zero-order chi connectivity index (χ0) is 22.1. The van der Waals surface area contributed by atoms with E-state index in [1.165, 1.54) is 0 Å². The molecule has 3 aromatic heterocycles. The van der Waals surface area contributed by atoms with E-state index in [1.54, 1.807) is 24.3 Å². The lowest BCUT2D eigenvalue weighted by atomic mass is 10.1. The summed E-state index contributed by atoms with van der Waals surface area (Å²) in [6.45, 7) is 3.90. The lowest BCUT2D eigenvalue weighted by Crippen LogP contribution is -2.27. The maximum atomic E-state index is 12.7. The van der Waals surface area contributed by atoms with Gasteiger partial charge in [0.1, 0.15) is 0 Å². The molecule has 0 radical (unpaired) electrons. The summed E-state index contributed by atoms with van der Waals surface area (Å²) in [7, 11) is 0. The average molecular weight is 424 g/mol. The first kappa shape index (κ1) is 19.6. The normalized spacial score (nSPS) is 12.1. The highest BCUT2D eigenvalue weighted by molar-refractivity contribution is 5.94. The van der Waals surface area contributed by atoms with Crippen molar-refractivity contribution in [1.29, 1.82) is 0 Å². The molecule has 8 nitrogen and oxygen atoms in total. The summed E-state index contributed by atoms with van der Waals surface area (Å²) in [5.74, 6) is 1.31. The molecule has 0 spiro atoms. The molecule has 158 valence electrons. The number of carbonyl (C=O) groups is 1. The van der Waals surface area contributed by atoms with Gasteiger partial charge in [-0.2, -0.15) is 0 Å². The summed E-state index contributed by atoms with van der Waals surface area (Å²) in [6, 6.07) is 20.3.